The van der Waals surface area contributed by atoms with Gasteiger partial charge < -0.3 is 4.98 Å². The molecule has 0 aromatic carbocycles. The topological polar surface area (TPSA) is 41.6 Å². The Kier molecular flexibility index (Phi) is 1.87. The number of fused-ring (bicyclic) bond motifs is 2. The zero-order valence-corrected chi connectivity index (χ0v) is 10.0. The first-order valence-electron chi connectivity index (χ1n) is 5.83. The molecule has 3 nitrogen and oxygen atoms in total. The van der Waals surface area contributed by atoms with E-state index < -0.39 is 0 Å². The van der Waals surface area contributed by atoms with Crippen LogP contribution in [0.4, 0.5) is 0 Å². The predicted molar refractivity (Wildman–Crippen MR) is 69.2 cm³/mol. The van der Waals surface area contributed by atoms with Crippen LogP contribution in [0.3, 0.4) is 0 Å². The number of pyridine rings is 1. The smallest absolute Gasteiger partial charge is 0.178 e. The zero-order valence-electron chi connectivity index (χ0n) is 9.23. The van der Waals surface area contributed by atoms with Crippen LogP contribution in [-0.4, -0.2) is 15.0 Å². The van der Waals surface area contributed by atoms with Crippen LogP contribution in [0.5, 0.6) is 0 Å². The Morgan fingerprint density at radius 3 is 3.18 bits per heavy atom. The minimum atomic E-state index is 0.802. The fraction of sp³-hybridized carbons (Fsp3) is 0.231. The number of aryl methyl sites for hydroxylation is 2. The Morgan fingerprint density at radius 2 is 2.29 bits per heavy atom. The Balaban J connectivity index is 1.87. The molecule has 1 aliphatic carbocycles. The highest BCUT2D eigenvalue weighted by Crippen LogP contribution is 2.35. The van der Waals surface area contributed by atoms with E-state index in [1.165, 1.54) is 34.6 Å². The van der Waals surface area contributed by atoms with Gasteiger partial charge in [0.2, 0.25) is 0 Å². The first-order chi connectivity index (χ1) is 8.40. The van der Waals surface area contributed by atoms with E-state index in [9.17, 15) is 0 Å². The Bertz CT molecular complexity index is 641. The van der Waals surface area contributed by atoms with Gasteiger partial charge in [0.15, 0.2) is 11.5 Å². The van der Waals surface area contributed by atoms with E-state index in [1.54, 1.807) is 6.20 Å². The lowest BCUT2D eigenvalue weighted by atomic mass is 10.2. The van der Waals surface area contributed by atoms with Crippen molar-refractivity contribution in [2.75, 3.05) is 0 Å². The van der Waals surface area contributed by atoms with E-state index in [-0.39, 0.29) is 0 Å². The quantitative estimate of drug-likeness (QED) is 0.711. The van der Waals surface area contributed by atoms with Crippen LogP contribution in [0.15, 0.2) is 24.4 Å². The maximum Gasteiger partial charge on any atom is 0.178 e. The van der Waals surface area contributed by atoms with Gasteiger partial charge in [-0.1, -0.05) is 0 Å². The molecule has 17 heavy (non-hydrogen) atoms. The van der Waals surface area contributed by atoms with Crippen molar-refractivity contribution in [1.29, 1.82) is 0 Å². The predicted octanol–water partition coefficient (Wildman–Crippen LogP) is 3.18. The van der Waals surface area contributed by atoms with Gasteiger partial charge in [-0.2, -0.15) is 0 Å². The van der Waals surface area contributed by atoms with Crippen LogP contribution in [-0.2, 0) is 12.8 Å². The molecule has 4 rings (SSSR count). The molecule has 0 atom stereocenters. The van der Waals surface area contributed by atoms with Crippen molar-refractivity contribution in [3.8, 4) is 10.7 Å². The van der Waals surface area contributed by atoms with Gasteiger partial charge in [0.05, 0.1) is 10.4 Å². The maximum atomic E-state index is 4.54. The minimum Gasteiger partial charge on any atom is -0.336 e. The lowest BCUT2D eigenvalue weighted by molar-refractivity contribution is 0.915. The van der Waals surface area contributed by atoms with Gasteiger partial charge in [0, 0.05) is 11.1 Å². The second-order valence-electron chi connectivity index (χ2n) is 4.37. The monoisotopic (exact) mass is 241 g/mol. The molecular weight excluding hydrogens is 230 g/mol. The number of H-pyrrole nitrogens is 1. The normalized spacial score (nSPS) is 14.4. The maximum absolute atomic E-state index is 4.54. The standard InChI is InChI=1S/C13H11N3S/c1-3-8-7-11(17-10(8)5-1)13-15-9-4-2-6-14-12(9)16-13/h2,4,6-7H,1,3,5H2,(H,14,15,16). The van der Waals surface area contributed by atoms with Gasteiger partial charge in [-0.25, -0.2) is 9.97 Å². The molecule has 0 radical (unpaired) electrons. The summed E-state index contributed by atoms with van der Waals surface area (Å²) in [5.41, 5.74) is 3.32. The number of imidazole rings is 1. The molecule has 0 amide bonds. The highest BCUT2D eigenvalue weighted by molar-refractivity contribution is 7.15. The molecule has 1 N–H and O–H groups in total. The average Bonchev–Trinajstić information content (AvgIpc) is 3.01. The molecule has 84 valence electrons. The molecule has 0 bridgehead atoms. The van der Waals surface area contributed by atoms with Gasteiger partial charge in [-0.3, -0.25) is 0 Å². The molecule has 0 spiro atoms. The number of aromatic nitrogens is 3. The summed E-state index contributed by atoms with van der Waals surface area (Å²) in [7, 11) is 0. The summed E-state index contributed by atoms with van der Waals surface area (Å²) in [6.07, 6.45) is 5.55. The van der Waals surface area contributed by atoms with Gasteiger partial charge in [0.25, 0.3) is 0 Å². The third-order valence-corrected chi connectivity index (χ3v) is 4.48. The second-order valence-corrected chi connectivity index (χ2v) is 5.51. The van der Waals surface area contributed by atoms with E-state index in [0.717, 1.165) is 17.0 Å². The molecule has 0 saturated heterocycles. The lowest BCUT2D eigenvalue weighted by Crippen LogP contribution is -1.76. The summed E-state index contributed by atoms with van der Waals surface area (Å²) in [6, 6.07) is 6.23. The molecule has 3 aromatic heterocycles. The highest BCUT2D eigenvalue weighted by atomic mass is 32.1. The molecule has 4 heteroatoms. The summed E-state index contributed by atoms with van der Waals surface area (Å²) in [6.45, 7) is 0. The first kappa shape index (κ1) is 9.36. The van der Waals surface area contributed by atoms with Crippen molar-refractivity contribution in [1.82, 2.24) is 15.0 Å². The number of thiophene rings is 1. The highest BCUT2D eigenvalue weighted by Gasteiger charge is 2.17. The number of hydrogen-bond acceptors (Lipinski definition) is 3. The SMILES string of the molecule is c1cnc2nc(-c3cc4c(s3)CCC4)[nH]c2c1. The van der Waals surface area contributed by atoms with E-state index >= 15 is 0 Å². The summed E-state index contributed by atoms with van der Waals surface area (Å²) in [4.78, 5) is 14.9. The molecule has 0 saturated carbocycles. The Hall–Kier alpha value is -1.68. The van der Waals surface area contributed by atoms with Crippen LogP contribution < -0.4 is 0 Å². The number of nitrogens with zero attached hydrogens (tertiary/aromatic N) is 2. The number of rotatable bonds is 1. The molecule has 0 aliphatic heterocycles. The van der Waals surface area contributed by atoms with Gasteiger partial charge >= 0.3 is 0 Å². The van der Waals surface area contributed by atoms with Crippen LogP contribution in [0.25, 0.3) is 21.9 Å². The van der Waals surface area contributed by atoms with Crippen molar-refractivity contribution in [2.24, 2.45) is 0 Å². The summed E-state index contributed by atoms with van der Waals surface area (Å²) in [5, 5.41) is 0. The fourth-order valence-corrected chi connectivity index (χ4v) is 3.61. The lowest BCUT2D eigenvalue weighted by Gasteiger charge is -1.89. The van der Waals surface area contributed by atoms with E-state index in [0.29, 0.717) is 0 Å². The van der Waals surface area contributed by atoms with Gasteiger partial charge in [0.1, 0.15) is 0 Å². The zero-order chi connectivity index (χ0) is 11.2. The summed E-state index contributed by atoms with van der Waals surface area (Å²) >= 11 is 1.87. The summed E-state index contributed by atoms with van der Waals surface area (Å²) < 4.78 is 0. The van der Waals surface area contributed by atoms with E-state index in [4.69, 9.17) is 0 Å². The van der Waals surface area contributed by atoms with E-state index in [1.807, 2.05) is 23.5 Å². The van der Waals surface area contributed by atoms with Crippen LogP contribution in [0.2, 0.25) is 0 Å². The van der Waals surface area contributed by atoms with Gasteiger partial charge in [-0.15, -0.1) is 11.3 Å². The Morgan fingerprint density at radius 1 is 1.29 bits per heavy atom. The number of aromatic amines is 1. The minimum absolute atomic E-state index is 0.802. The molecule has 0 unspecified atom stereocenters. The third kappa shape index (κ3) is 1.41. The average molecular weight is 241 g/mol. The van der Waals surface area contributed by atoms with Crippen LogP contribution in [0.1, 0.15) is 16.9 Å². The molecule has 0 fully saturated rings. The van der Waals surface area contributed by atoms with Crippen molar-refractivity contribution < 1.29 is 0 Å². The molecular formula is C13H11N3S. The number of hydrogen-bond donors (Lipinski definition) is 1. The number of nitrogens with one attached hydrogen (secondary N) is 1. The Labute approximate surface area is 103 Å². The fourth-order valence-electron chi connectivity index (χ4n) is 2.41. The van der Waals surface area contributed by atoms with Gasteiger partial charge in [-0.05, 0) is 43.0 Å². The van der Waals surface area contributed by atoms with Crippen molar-refractivity contribution >= 4 is 22.5 Å². The van der Waals surface area contributed by atoms with Crippen LogP contribution in [0, 0.1) is 0 Å². The first-order valence-corrected chi connectivity index (χ1v) is 6.64. The molecule has 3 aromatic rings. The largest absolute Gasteiger partial charge is 0.336 e. The van der Waals surface area contributed by atoms with Crippen molar-refractivity contribution in [2.45, 2.75) is 19.3 Å². The van der Waals surface area contributed by atoms with Crippen molar-refractivity contribution in [3.63, 3.8) is 0 Å². The summed E-state index contributed by atoms with van der Waals surface area (Å²) in [5.74, 6) is 0.957. The molecule has 1 aliphatic rings. The van der Waals surface area contributed by atoms with E-state index in [2.05, 4.69) is 21.0 Å². The molecule has 3 heterocycles. The van der Waals surface area contributed by atoms with Crippen molar-refractivity contribution in [3.05, 3.63) is 34.8 Å². The third-order valence-electron chi connectivity index (χ3n) is 3.24. The second kappa shape index (κ2) is 3.40. The van der Waals surface area contributed by atoms with Crippen LogP contribution >= 0.6 is 11.3 Å².